The Morgan fingerprint density at radius 2 is 1.95 bits per heavy atom. The third-order valence-corrected chi connectivity index (χ3v) is 3.94. The highest BCUT2D eigenvalue weighted by Crippen LogP contribution is 2.28. The minimum absolute atomic E-state index is 0.123. The quantitative estimate of drug-likeness (QED) is 0.785. The molecule has 0 aliphatic heterocycles. The number of hydrogen-bond acceptors (Lipinski definition) is 2. The van der Waals surface area contributed by atoms with Gasteiger partial charge in [-0.3, -0.25) is 0 Å². The van der Waals surface area contributed by atoms with Gasteiger partial charge in [0.05, 0.1) is 4.47 Å². The van der Waals surface area contributed by atoms with Crippen molar-refractivity contribution in [1.29, 1.82) is 0 Å². The van der Waals surface area contributed by atoms with E-state index in [2.05, 4.69) is 31.9 Å². The van der Waals surface area contributed by atoms with Crippen LogP contribution in [0.3, 0.4) is 0 Å². The van der Waals surface area contributed by atoms with E-state index in [1.54, 1.807) is 12.1 Å². The van der Waals surface area contributed by atoms with Gasteiger partial charge in [-0.15, -0.1) is 0 Å². The fourth-order valence-corrected chi connectivity index (χ4v) is 2.60. The summed E-state index contributed by atoms with van der Waals surface area (Å²) >= 11 is 6.58. The molecule has 2 aromatic rings. The summed E-state index contributed by atoms with van der Waals surface area (Å²) in [5, 5.41) is 0. The lowest BCUT2D eigenvalue weighted by atomic mass is 10.1. The maximum absolute atomic E-state index is 13.2. The second kappa shape index (κ2) is 6.70. The van der Waals surface area contributed by atoms with Crippen LogP contribution in [-0.2, 0) is 6.61 Å². The van der Waals surface area contributed by atoms with Crippen molar-refractivity contribution in [1.82, 2.24) is 0 Å². The normalized spacial score (nSPS) is 12.2. The predicted octanol–water partition coefficient (Wildman–Crippen LogP) is 4.95. The molecule has 0 spiro atoms. The van der Waals surface area contributed by atoms with Gasteiger partial charge in [0, 0.05) is 16.1 Å². The highest BCUT2D eigenvalue weighted by atomic mass is 79.9. The first-order valence-corrected chi connectivity index (χ1v) is 7.67. The Labute approximate surface area is 134 Å². The Bertz CT molecular complexity index is 617. The Morgan fingerprint density at radius 3 is 2.60 bits per heavy atom. The van der Waals surface area contributed by atoms with E-state index in [0.29, 0.717) is 11.1 Å². The van der Waals surface area contributed by atoms with Crippen molar-refractivity contribution in [2.45, 2.75) is 19.6 Å². The van der Waals surface area contributed by atoms with E-state index in [-0.39, 0.29) is 11.9 Å². The van der Waals surface area contributed by atoms with Gasteiger partial charge in [-0.05, 0) is 58.7 Å². The molecule has 5 heteroatoms. The van der Waals surface area contributed by atoms with Crippen LogP contribution in [0.1, 0.15) is 24.1 Å². The van der Waals surface area contributed by atoms with Gasteiger partial charge < -0.3 is 10.5 Å². The maximum atomic E-state index is 13.2. The van der Waals surface area contributed by atoms with Crippen LogP contribution in [0.5, 0.6) is 5.75 Å². The number of benzene rings is 2. The summed E-state index contributed by atoms with van der Waals surface area (Å²) in [6.45, 7) is 2.27. The van der Waals surface area contributed by atoms with E-state index in [1.165, 1.54) is 6.07 Å². The lowest BCUT2D eigenvalue weighted by molar-refractivity contribution is 0.301. The van der Waals surface area contributed by atoms with Crippen LogP contribution < -0.4 is 10.5 Å². The minimum Gasteiger partial charge on any atom is -0.489 e. The first kappa shape index (κ1) is 15.5. The van der Waals surface area contributed by atoms with Gasteiger partial charge in [-0.1, -0.05) is 22.0 Å². The summed E-state index contributed by atoms with van der Waals surface area (Å²) in [5.41, 5.74) is 7.76. The second-order valence-corrected chi connectivity index (χ2v) is 6.28. The first-order chi connectivity index (χ1) is 9.47. The van der Waals surface area contributed by atoms with E-state index in [9.17, 15) is 4.39 Å². The van der Waals surface area contributed by atoms with E-state index in [1.807, 2.05) is 25.1 Å². The van der Waals surface area contributed by atoms with Gasteiger partial charge in [0.25, 0.3) is 0 Å². The summed E-state index contributed by atoms with van der Waals surface area (Å²) in [7, 11) is 0. The van der Waals surface area contributed by atoms with Crippen LogP contribution in [0.4, 0.5) is 4.39 Å². The minimum atomic E-state index is -0.284. The number of rotatable bonds is 4. The van der Waals surface area contributed by atoms with Crippen LogP contribution in [0.15, 0.2) is 45.3 Å². The second-order valence-electron chi connectivity index (χ2n) is 4.51. The molecule has 2 nitrogen and oxygen atoms in total. The highest BCUT2D eigenvalue weighted by molar-refractivity contribution is 9.10. The number of nitrogens with two attached hydrogens (primary N) is 1. The first-order valence-electron chi connectivity index (χ1n) is 6.09. The van der Waals surface area contributed by atoms with Crippen molar-refractivity contribution in [3.05, 3.63) is 62.3 Å². The smallest absolute Gasteiger partial charge is 0.137 e. The predicted molar refractivity (Wildman–Crippen MR) is 85.2 cm³/mol. The van der Waals surface area contributed by atoms with Crippen LogP contribution in [0, 0.1) is 5.82 Å². The molecule has 0 heterocycles. The van der Waals surface area contributed by atoms with Gasteiger partial charge in [-0.2, -0.15) is 0 Å². The molecule has 0 fully saturated rings. The average Bonchev–Trinajstić information content (AvgIpc) is 2.41. The van der Waals surface area contributed by atoms with E-state index >= 15 is 0 Å². The molecule has 0 unspecified atom stereocenters. The third kappa shape index (κ3) is 3.81. The largest absolute Gasteiger partial charge is 0.489 e. The number of halogens is 3. The molecular weight excluding hydrogens is 389 g/mol. The van der Waals surface area contributed by atoms with Crippen molar-refractivity contribution in [2.24, 2.45) is 5.73 Å². The highest BCUT2D eigenvalue weighted by Gasteiger charge is 2.09. The van der Waals surface area contributed by atoms with Crippen LogP contribution in [-0.4, -0.2) is 0 Å². The lowest BCUT2D eigenvalue weighted by Crippen LogP contribution is -2.08. The molecule has 0 saturated heterocycles. The zero-order valence-electron chi connectivity index (χ0n) is 10.9. The number of hydrogen-bond donors (Lipinski definition) is 1. The standard InChI is InChI=1S/C15H14Br2FNO/c1-9(19)12-7-11(16)3-5-15(12)20-8-10-2-4-14(18)13(17)6-10/h2-7,9H,8,19H2,1H3/t9-/m1/s1. The molecule has 0 aliphatic rings. The molecule has 0 saturated carbocycles. The Balaban J connectivity index is 2.16. The summed E-state index contributed by atoms with van der Waals surface area (Å²) in [6, 6.07) is 10.4. The van der Waals surface area contributed by atoms with E-state index < -0.39 is 0 Å². The van der Waals surface area contributed by atoms with E-state index in [4.69, 9.17) is 10.5 Å². The van der Waals surface area contributed by atoms with Gasteiger partial charge in [0.1, 0.15) is 18.2 Å². The molecule has 20 heavy (non-hydrogen) atoms. The Kier molecular flexibility index (Phi) is 5.18. The third-order valence-electron chi connectivity index (χ3n) is 2.84. The van der Waals surface area contributed by atoms with Gasteiger partial charge in [0.2, 0.25) is 0 Å². The summed E-state index contributed by atoms with van der Waals surface area (Å²) in [5.74, 6) is 0.456. The van der Waals surface area contributed by atoms with Crippen molar-refractivity contribution < 1.29 is 9.13 Å². The van der Waals surface area contributed by atoms with Crippen LogP contribution in [0.25, 0.3) is 0 Å². The Hall–Kier alpha value is -0.910. The SMILES string of the molecule is C[C@@H](N)c1cc(Br)ccc1OCc1ccc(F)c(Br)c1. The fraction of sp³-hybridized carbons (Fsp3) is 0.200. The zero-order valence-corrected chi connectivity index (χ0v) is 14.0. The average molecular weight is 403 g/mol. The molecule has 2 aromatic carbocycles. The molecule has 0 radical (unpaired) electrons. The molecule has 1 atom stereocenters. The van der Waals surface area contributed by atoms with Gasteiger partial charge in [0.15, 0.2) is 0 Å². The van der Waals surface area contributed by atoms with Gasteiger partial charge in [-0.25, -0.2) is 4.39 Å². The zero-order chi connectivity index (χ0) is 14.7. The molecule has 0 amide bonds. The monoisotopic (exact) mass is 401 g/mol. The van der Waals surface area contributed by atoms with Gasteiger partial charge >= 0.3 is 0 Å². The molecule has 0 aliphatic carbocycles. The van der Waals surface area contributed by atoms with Crippen LogP contribution in [0.2, 0.25) is 0 Å². The van der Waals surface area contributed by atoms with Crippen LogP contribution >= 0.6 is 31.9 Å². The molecule has 106 valence electrons. The summed E-state index contributed by atoms with van der Waals surface area (Å²) < 4.78 is 20.3. The van der Waals surface area contributed by atoms with Crippen molar-refractivity contribution in [3.63, 3.8) is 0 Å². The topological polar surface area (TPSA) is 35.2 Å². The number of ether oxygens (including phenoxy) is 1. The lowest BCUT2D eigenvalue weighted by Gasteiger charge is -2.14. The fourth-order valence-electron chi connectivity index (χ4n) is 1.80. The molecule has 0 aromatic heterocycles. The molecular formula is C15H14Br2FNO. The molecule has 2 rings (SSSR count). The van der Waals surface area contributed by atoms with Crippen molar-refractivity contribution in [2.75, 3.05) is 0 Å². The summed E-state index contributed by atoms with van der Waals surface area (Å²) in [6.07, 6.45) is 0. The summed E-state index contributed by atoms with van der Waals surface area (Å²) in [4.78, 5) is 0. The maximum Gasteiger partial charge on any atom is 0.137 e. The molecule has 2 N–H and O–H groups in total. The van der Waals surface area contributed by atoms with E-state index in [0.717, 1.165) is 21.3 Å². The Morgan fingerprint density at radius 1 is 1.20 bits per heavy atom. The molecule has 0 bridgehead atoms. The van der Waals surface area contributed by atoms with Crippen molar-refractivity contribution in [3.8, 4) is 5.75 Å². The van der Waals surface area contributed by atoms with Crippen molar-refractivity contribution >= 4 is 31.9 Å².